The van der Waals surface area contributed by atoms with E-state index in [0.717, 1.165) is 48.0 Å². The summed E-state index contributed by atoms with van der Waals surface area (Å²) in [6, 6.07) is 11.7. The first-order valence-corrected chi connectivity index (χ1v) is 10.5. The molecule has 1 aromatic carbocycles. The van der Waals surface area contributed by atoms with Crippen molar-refractivity contribution in [1.29, 1.82) is 0 Å². The summed E-state index contributed by atoms with van der Waals surface area (Å²) in [6.45, 7) is 0.724. The zero-order valence-corrected chi connectivity index (χ0v) is 16.0. The van der Waals surface area contributed by atoms with Crippen molar-refractivity contribution in [2.45, 2.75) is 25.3 Å². The van der Waals surface area contributed by atoms with Crippen LogP contribution >= 0.6 is 11.8 Å². The van der Waals surface area contributed by atoms with Crippen LogP contribution in [0.5, 0.6) is 5.75 Å². The quantitative estimate of drug-likeness (QED) is 0.681. The molecular formula is C20H22N4O2S. The summed E-state index contributed by atoms with van der Waals surface area (Å²) in [5.41, 5.74) is 2.96. The molecule has 0 spiro atoms. The number of fused-ring (bicyclic) bond motifs is 2. The second-order valence-electron chi connectivity index (χ2n) is 6.61. The van der Waals surface area contributed by atoms with E-state index in [1.54, 1.807) is 11.8 Å². The lowest BCUT2D eigenvalue weighted by Gasteiger charge is -2.17. The lowest BCUT2D eigenvalue weighted by Crippen LogP contribution is -2.31. The van der Waals surface area contributed by atoms with Crippen LogP contribution in [0.25, 0.3) is 5.65 Å². The normalized spacial score (nSPS) is 14.0. The molecule has 3 heterocycles. The molecule has 1 amide bonds. The predicted octanol–water partition coefficient (Wildman–Crippen LogP) is 2.82. The van der Waals surface area contributed by atoms with Crippen LogP contribution in [0.1, 0.15) is 29.4 Å². The standard InChI is InChI=1S/C20H22N4O2S/c1-27-11-8-16(20-23-22-18-4-2-3-9-24(18)20)21-19(25)13-14-5-6-15-7-10-26-17(15)12-14/h2-6,9,12,16H,7-8,10-11,13H2,1H3,(H,21,25). The van der Waals surface area contributed by atoms with Crippen LogP contribution in [0.4, 0.5) is 0 Å². The van der Waals surface area contributed by atoms with Gasteiger partial charge in [-0.25, -0.2) is 0 Å². The highest BCUT2D eigenvalue weighted by molar-refractivity contribution is 7.98. The molecule has 1 N–H and O–H groups in total. The minimum Gasteiger partial charge on any atom is -0.493 e. The Hall–Kier alpha value is -2.54. The SMILES string of the molecule is CSCCC(NC(=O)Cc1ccc2c(c1)OCC2)c1nnc2ccccn12. The third-order valence-corrected chi connectivity index (χ3v) is 5.37. The first kappa shape index (κ1) is 17.9. The maximum absolute atomic E-state index is 12.7. The van der Waals surface area contributed by atoms with Crippen molar-refractivity contribution in [1.82, 2.24) is 19.9 Å². The van der Waals surface area contributed by atoms with Crippen LogP contribution in [0, 0.1) is 0 Å². The Morgan fingerprint density at radius 1 is 1.33 bits per heavy atom. The zero-order valence-electron chi connectivity index (χ0n) is 15.2. The molecule has 1 atom stereocenters. The van der Waals surface area contributed by atoms with Gasteiger partial charge in [0.1, 0.15) is 5.75 Å². The summed E-state index contributed by atoms with van der Waals surface area (Å²) >= 11 is 1.75. The fraction of sp³-hybridized carbons (Fsp3) is 0.350. The molecule has 1 aliphatic heterocycles. The molecule has 0 saturated carbocycles. The number of nitrogens with zero attached hydrogens (tertiary/aromatic N) is 3. The summed E-state index contributed by atoms with van der Waals surface area (Å²) in [7, 11) is 0. The maximum Gasteiger partial charge on any atom is 0.225 e. The Morgan fingerprint density at radius 3 is 3.15 bits per heavy atom. The highest BCUT2D eigenvalue weighted by Crippen LogP contribution is 2.26. The highest BCUT2D eigenvalue weighted by Gasteiger charge is 2.21. The Kier molecular flexibility index (Phi) is 5.29. The Bertz CT molecular complexity index is 956. The van der Waals surface area contributed by atoms with E-state index in [1.807, 2.05) is 40.9 Å². The van der Waals surface area contributed by atoms with Crippen LogP contribution in [0.2, 0.25) is 0 Å². The van der Waals surface area contributed by atoms with Gasteiger partial charge in [-0.2, -0.15) is 11.8 Å². The monoisotopic (exact) mass is 382 g/mol. The summed E-state index contributed by atoms with van der Waals surface area (Å²) in [5, 5.41) is 11.7. The number of benzene rings is 1. The molecule has 4 rings (SSSR count). The van der Waals surface area contributed by atoms with Gasteiger partial charge in [0.25, 0.3) is 0 Å². The van der Waals surface area contributed by atoms with Crippen molar-refractivity contribution in [3.8, 4) is 5.75 Å². The van der Waals surface area contributed by atoms with E-state index >= 15 is 0 Å². The Balaban J connectivity index is 1.50. The number of nitrogens with one attached hydrogen (secondary N) is 1. The second-order valence-corrected chi connectivity index (χ2v) is 7.59. The number of hydrogen-bond acceptors (Lipinski definition) is 5. The van der Waals surface area contributed by atoms with E-state index in [-0.39, 0.29) is 11.9 Å². The van der Waals surface area contributed by atoms with Gasteiger partial charge in [-0.1, -0.05) is 18.2 Å². The van der Waals surface area contributed by atoms with Crippen LogP contribution in [-0.4, -0.2) is 39.1 Å². The van der Waals surface area contributed by atoms with Crippen LogP contribution < -0.4 is 10.1 Å². The van der Waals surface area contributed by atoms with E-state index in [4.69, 9.17) is 4.74 Å². The fourth-order valence-electron chi connectivity index (χ4n) is 3.35. The highest BCUT2D eigenvalue weighted by atomic mass is 32.2. The molecule has 3 aromatic rings. The van der Waals surface area contributed by atoms with Gasteiger partial charge in [-0.15, -0.1) is 10.2 Å². The minimum absolute atomic E-state index is 0.0215. The van der Waals surface area contributed by atoms with Gasteiger partial charge in [0.15, 0.2) is 11.5 Å². The molecule has 2 aromatic heterocycles. The number of aromatic nitrogens is 3. The van der Waals surface area contributed by atoms with Crippen LogP contribution in [-0.2, 0) is 17.6 Å². The van der Waals surface area contributed by atoms with E-state index < -0.39 is 0 Å². The van der Waals surface area contributed by atoms with Crippen molar-refractivity contribution < 1.29 is 9.53 Å². The molecule has 0 aliphatic carbocycles. The number of rotatable bonds is 7. The lowest BCUT2D eigenvalue weighted by atomic mass is 10.1. The van der Waals surface area contributed by atoms with E-state index in [1.165, 1.54) is 5.56 Å². The van der Waals surface area contributed by atoms with Crippen molar-refractivity contribution in [2.24, 2.45) is 0 Å². The number of ether oxygens (including phenoxy) is 1. The fourth-order valence-corrected chi connectivity index (χ4v) is 3.82. The van der Waals surface area contributed by atoms with Gasteiger partial charge in [0, 0.05) is 12.6 Å². The first-order chi connectivity index (χ1) is 13.2. The molecule has 1 aliphatic rings. The van der Waals surface area contributed by atoms with Crippen LogP contribution in [0.3, 0.4) is 0 Å². The topological polar surface area (TPSA) is 68.5 Å². The van der Waals surface area contributed by atoms with Gasteiger partial charge in [-0.05, 0) is 47.8 Å². The third-order valence-electron chi connectivity index (χ3n) is 4.72. The second kappa shape index (κ2) is 8.00. The molecule has 1 unspecified atom stereocenters. The molecule has 0 bridgehead atoms. The molecule has 27 heavy (non-hydrogen) atoms. The number of thioether (sulfide) groups is 1. The molecular weight excluding hydrogens is 360 g/mol. The summed E-state index contributed by atoms with van der Waals surface area (Å²) in [5.74, 6) is 2.58. The van der Waals surface area contributed by atoms with Gasteiger partial charge in [0.05, 0.1) is 19.1 Å². The van der Waals surface area contributed by atoms with Gasteiger partial charge >= 0.3 is 0 Å². The minimum atomic E-state index is -0.173. The predicted molar refractivity (Wildman–Crippen MR) is 106 cm³/mol. The molecule has 6 nitrogen and oxygen atoms in total. The number of pyridine rings is 1. The Morgan fingerprint density at radius 2 is 2.26 bits per heavy atom. The van der Waals surface area contributed by atoms with Gasteiger partial charge < -0.3 is 10.1 Å². The molecule has 0 fully saturated rings. The maximum atomic E-state index is 12.7. The molecule has 0 radical (unpaired) electrons. The summed E-state index contributed by atoms with van der Waals surface area (Å²) < 4.78 is 7.54. The molecule has 140 valence electrons. The Labute approximate surface area is 162 Å². The zero-order chi connectivity index (χ0) is 18.6. The lowest BCUT2D eigenvalue weighted by molar-refractivity contribution is -0.121. The van der Waals surface area contributed by atoms with Crippen molar-refractivity contribution in [3.05, 3.63) is 59.5 Å². The van der Waals surface area contributed by atoms with Crippen LogP contribution in [0.15, 0.2) is 42.6 Å². The summed E-state index contributed by atoms with van der Waals surface area (Å²) in [6.07, 6.45) is 6.06. The smallest absolute Gasteiger partial charge is 0.225 e. The molecule has 0 saturated heterocycles. The largest absolute Gasteiger partial charge is 0.493 e. The average molecular weight is 382 g/mol. The number of amides is 1. The van der Waals surface area contributed by atoms with Crippen molar-refractivity contribution >= 4 is 23.3 Å². The third kappa shape index (κ3) is 3.93. The first-order valence-electron chi connectivity index (χ1n) is 9.07. The number of hydrogen-bond donors (Lipinski definition) is 1. The van der Waals surface area contributed by atoms with E-state index in [2.05, 4.69) is 27.8 Å². The van der Waals surface area contributed by atoms with E-state index in [9.17, 15) is 4.79 Å². The van der Waals surface area contributed by atoms with E-state index in [0.29, 0.717) is 6.42 Å². The number of carbonyl (C=O) groups is 1. The van der Waals surface area contributed by atoms with Gasteiger partial charge in [0.2, 0.25) is 5.91 Å². The molecule has 7 heteroatoms. The van der Waals surface area contributed by atoms with Crippen molar-refractivity contribution in [2.75, 3.05) is 18.6 Å². The number of carbonyl (C=O) groups excluding carboxylic acids is 1. The van der Waals surface area contributed by atoms with Gasteiger partial charge in [-0.3, -0.25) is 9.20 Å². The summed E-state index contributed by atoms with van der Waals surface area (Å²) in [4.78, 5) is 12.7. The average Bonchev–Trinajstić information content (AvgIpc) is 3.31. The van der Waals surface area contributed by atoms with Crippen molar-refractivity contribution in [3.63, 3.8) is 0 Å².